The highest BCUT2D eigenvalue weighted by molar-refractivity contribution is 9.10. The maximum Gasteiger partial charge on any atom is 0.262 e. The summed E-state index contributed by atoms with van der Waals surface area (Å²) < 4.78 is 27.9. The van der Waals surface area contributed by atoms with E-state index in [1.54, 1.807) is 0 Å². The Kier molecular flexibility index (Phi) is 4.53. The number of aliphatic hydroxyl groups is 1. The lowest BCUT2D eigenvalue weighted by molar-refractivity contribution is 0.285. The average molecular weight is 376 g/mol. The maximum absolute atomic E-state index is 12.3. The number of aryl methyl sites for hydroxylation is 2. The van der Waals surface area contributed by atoms with Crippen LogP contribution < -0.4 is 4.72 Å². The van der Waals surface area contributed by atoms with Crippen molar-refractivity contribution < 1.29 is 13.5 Å². The fourth-order valence-corrected chi connectivity index (χ4v) is 5.01. The number of nitrogens with one attached hydrogen (secondary N) is 1. The van der Waals surface area contributed by atoms with Gasteiger partial charge in [0.25, 0.3) is 10.0 Å². The van der Waals surface area contributed by atoms with Gasteiger partial charge >= 0.3 is 0 Å². The van der Waals surface area contributed by atoms with Gasteiger partial charge in [-0.1, -0.05) is 6.07 Å². The molecule has 1 aromatic heterocycles. The molecule has 0 fully saturated rings. The Morgan fingerprint density at radius 3 is 2.55 bits per heavy atom. The number of hydrogen-bond donors (Lipinski definition) is 2. The second-order valence-corrected chi connectivity index (χ2v) is 7.98. The quantitative estimate of drug-likeness (QED) is 0.859. The first-order valence-electron chi connectivity index (χ1n) is 5.81. The molecule has 0 aliphatic carbocycles. The molecule has 0 amide bonds. The van der Waals surface area contributed by atoms with Gasteiger partial charge in [-0.2, -0.15) is 0 Å². The molecule has 0 unspecified atom stereocenters. The van der Waals surface area contributed by atoms with Crippen LogP contribution in [0.1, 0.15) is 16.0 Å². The van der Waals surface area contributed by atoms with E-state index in [0.29, 0.717) is 15.0 Å². The average Bonchev–Trinajstić information content (AvgIpc) is 2.83. The molecule has 0 radical (unpaired) electrons. The van der Waals surface area contributed by atoms with Crippen LogP contribution in [0.2, 0.25) is 0 Å². The van der Waals surface area contributed by atoms with E-state index in [4.69, 9.17) is 5.11 Å². The van der Waals surface area contributed by atoms with E-state index in [2.05, 4.69) is 20.7 Å². The van der Waals surface area contributed by atoms with Crippen LogP contribution in [0.3, 0.4) is 0 Å². The molecule has 0 spiro atoms. The second-order valence-electron chi connectivity index (χ2n) is 4.45. The lowest BCUT2D eigenvalue weighted by Gasteiger charge is -2.12. The number of sulfonamides is 1. The predicted molar refractivity (Wildman–Crippen MR) is 84.7 cm³/mol. The van der Waals surface area contributed by atoms with Gasteiger partial charge in [0.2, 0.25) is 0 Å². The predicted octanol–water partition coefficient (Wildman–Crippen LogP) is 3.42. The molecule has 0 saturated heterocycles. The molecule has 108 valence electrons. The topological polar surface area (TPSA) is 66.4 Å². The molecule has 1 heterocycles. The summed E-state index contributed by atoms with van der Waals surface area (Å²) in [6, 6.07) is 5.25. The first-order chi connectivity index (χ1) is 9.33. The molecule has 2 aromatic rings. The van der Waals surface area contributed by atoms with Gasteiger partial charge in [-0.05, 0) is 53.0 Å². The highest BCUT2D eigenvalue weighted by Gasteiger charge is 2.18. The summed E-state index contributed by atoms with van der Waals surface area (Å²) in [4.78, 5) is 0.781. The maximum atomic E-state index is 12.3. The molecule has 4 nitrogen and oxygen atoms in total. The monoisotopic (exact) mass is 375 g/mol. The Hall–Kier alpha value is -0.890. The minimum atomic E-state index is -3.64. The zero-order valence-corrected chi connectivity index (χ0v) is 14.2. The Balaban J connectivity index is 2.38. The van der Waals surface area contributed by atoms with Crippen molar-refractivity contribution in [3.05, 3.63) is 44.1 Å². The molecule has 20 heavy (non-hydrogen) atoms. The molecule has 1 aromatic carbocycles. The Labute approximate surface area is 130 Å². The van der Waals surface area contributed by atoms with Crippen LogP contribution in [-0.4, -0.2) is 13.5 Å². The van der Waals surface area contributed by atoms with Crippen molar-refractivity contribution in [1.82, 2.24) is 0 Å². The largest absolute Gasteiger partial charge is 0.391 e. The SMILES string of the molecule is Cc1cc(C)c(NS(=O)(=O)c2csc(CO)c2)c(Br)c1. The minimum absolute atomic E-state index is 0.159. The first kappa shape index (κ1) is 15.5. The third-order valence-electron chi connectivity index (χ3n) is 2.76. The van der Waals surface area contributed by atoms with Crippen molar-refractivity contribution in [3.63, 3.8) is 0 Å². The van der Waals surface area contributed by atoms with Crippen LogP contribution in [0, 0.1) is 13.8 Å². The number of benzene rings is 1. The lowest BCUT2D eigenvalue weighted by atomic mass is 10.1. The van der Waals surface area contributed by atoms with Crippen molar-refractivity contribution in [1.29, 1.82) is 0 Å². The van der Waals surface area contributed by atoms with E-state index >= 15 is 0 Å². The highest BCUT2D eigenvalue weighted by Crippen LogP contribution is 2.30. The van der Waals surface area contributed by atoms with Crippen molar-refractivity contribution in [2.45, 2.75) is 25.3 Å². The summed E-state index contributed by atoms with van der Waals surface area (Å²) in [5.74, 6) is 0. The third kappa shape index (κ3) is 3.22. The van der Waals surface area contributed by atoms with E-state index < -0.39 is 10.0 Å². The summed E-state index contributed by atoms with van der Waals surface area (Å²) in [6.07, 6.45) is 0. The van der Waals surface area contributed by atoms with Gasteiger partial charge in [0.1, 0.15) is 0 Å². The molecule has 0 atom stereocenters. The van der Waals surface area contributed by atoms with Gasteiger partial charge in [0.05, 0.1) is 17.2 Å². The molecular formula is C13H14BrNO3S2. The Bertz CT molecular complexity index is 715. The van der Waals surface area contributed by atoms with E-state index in [0.717, 1.165) is 11.1 Å². The van der Waals surface area contributed by atoms with Gasteiger partial charge < -0.3 is 5.11 Å². The smallest absolute Gasteiger partial charge is 0.262 e. The fourth-order valence-electron chi connectivity index (χ4n) is 1.82. The van der Waals surface area contributed by atoms with Crippen molar-refractivity contribution >= 4 is 43.0 Å². The summed E-state index contributed by atoms with van der Waals surface area (Å²) in [5, 5.41) is 10.5. The van der Waals surface area contributed by atoms with Gasteiger partial charge in [0.15, 0.2) is 0 Å². The fraction of sp³-hybridized carbons (Fsp3) is 0.231. The number of halogens is 1. The third-order valence-corrected chi connectivity index (χ3v) is 5.79. The summed E-state index contributed by atoms with van der Waals surface area (Å²) in [6.45, 7) is 3.64. The Morgan fingerprint density at radius 1 is 1.30 bits per heavy atom. The van der Waals surface area contributed by atoms with E-state index in [9.17, 15) is 8.42 Å². The van der Waals surface area contributed by atoms with Crippen LogP contribution in [0.15, 0.2) is 32.9 Å². The van der Waals surface area contributed by atoms with Crippen molar-refractivity contribution in [3.8, 4) is 0 Å². The van der Waals surface area contributed by atoms with Crippen molar-refractivity contribution in [2.24, 2.45) is 0 Å². The molecule has 0 bridgehead atoms. The van der Waals surface area contributed by atoms with Gasteiger partial charge in [-0.15, -0.1) is 11.3 Å². The summed E-state index contributed by atoms with van der Waals surface area (Å²) in [5.41, 5.74) is 2.43. The minimum Gasteiger partial charge on any atom is -0.391 e. The normalized spacial score (nSPS) is 11.6. The van der Waals surface area contributed by atoms with Crippen LogP contribution in [-0.2, 0) is 16.6 Å². The standard InChI is InChI=1S/C13H14BrNO3S2/c1-8-3-9(2)13(12(14)4-8)15-20(17,18)11-5-10(6-16)19-7-11/h3-5,7,15-16H,6H2,1-2H3. The van der Waals surface area contributed by atoms with Crippen LogP contribution in [0.5, 0.6) is 0 Å². The molecule has 2 N–H and O–H groups in total. The van der Waals surface area contributed by atoms with Gasteiger partial charge in [0, 0.05) is 14.7 Å². The zero-order valence-electron chi connectivity index (χ0n) is 11.0. The summed E-state index contributed by atoms with van der Waals surface area (Å²) >= 11 is 4.59. The molecule has 0 aliphatic rings. The number of rotatable bonds is 4. The van der Waals surface area contributed by atoms with Crippen molar-refractivity contribution in [2.75, 3.05) is 4.72 Å². The Morgan fingerprint density at radius 2 is 2.00 bits per heavy atom. The van der Waals surface area contributed by atoms with E-state index in [-0.39, 0.29) is 11.5 Å². The lowest BCUT2D eigenvalue weighted by Crippen LogP contribution is -2.13. The molecule has 0 saturated carbocycles. The molecular weight excluding hydrogens is 362 g/mol. The number of aliphatic hydroxyl groups excluding tert-OH is 1. The molecule has 7 heteroatoms. The van der Waals surface area contributed by atoms with E-state index in [1.807, 2.05) is 26.0 Å². The van der Waals surface area contributed by atoms with Crippen LogP contribution in [0.25, 0.3) is 0 Å². The van der Waals surface area contributed by atoms with E-state index in [1.165, 1.54) is 22.8 Å². The molecule has 0 aliphatic heterocycles. The zero-order chi connectivity index (χ0) is 14.9. The number of hydrogen-bond acceptors (Lipinski definition) is 4. The van der Waals surface area contributed by atoms with Crippen LogP contribution in [0.4, 0.5) is 5.69 Å². The molecule has 2 rings (SSSR count). The highest BCUT2D eigenvalue weighted by atomic mass is 79.9. The van der Waals surface area contributed by atoms with Gasteiger partial charge in [-0.3, -0.25) is 4.72 Å². The van der Waals surface area contributed by atoms with Gasteiger partial charge in [-0.25, -0.2) is 8.42 Å². The first-order valence-corrected chi connectivity index (χ1v) is 8.97. The number of anilines is 1. The summed E-state index contributed by atoms with van der Waals surface area (Å²) in [7, 11) is -3.64. The van der Waals surface area contributed by atoms with Crippen LogP contribution >= 0.6 is 27.3 Å². The second kappa shape index (κ2) is 5.85. The number of thiophene rings is 1.